The molecule has 0 radical (unpaired) electrons. The molecule has 0 spiro atoms. The minimum atomic E-state index is -0.125. The van der Waals surface area contributed by atoms with E-state index in [1.807, 2.05) is 0 Å². The molecule has 2 N–H and O–H groups in total. The third kappa shape index (κ3) is 2.29. The van der Waals surface area contributed by atoms with Gasteiger partial charge in [-0.2, -0.15) is 0 Å². The molecule has 0 saturated heterocycles. The van der Waals surface area contributed by atoms with Crippen molar-refractivity contribution in [2.45, 2.75) is 38.5 Å². The first-order valence-electron chi connectivity index (χ1n) is 6.03. The molecule has 4 rings (SSSR count). The average molecular weight is 198 g/mol. The van der Waals surface area contributed by atoms with Crippen LogP contribution in [0, 0.1) is 23.7 Å². The summed E-state index contributed by atoms with van der Waals surface area (Å²) in [5.41, 5.74) is 0. The van der Waals surface area contributed by atoms with Gasteiger partial charge < -0.3 is 10.2 Å². The molecule has 4 aliphatic rings. The van der Waals surface area contributed by atoms with Crippen molar-refractivity contribution in [2.75, 3.05) is 13.2 Å². The van der Waals surface area contributed by atoms with E-state index in [4.69, 9.17) is 10.2 Å². The van der Waals surface area contributed by atoms with Gasteiger partial charge in [0.1, 0.15) is 0 Å². The molecule has 2 heteroatoms. The van der Waals surface area contributed by atoms with Crippen molar-refractivity contribution in [1.29, 1.82) is 0 Å². The van der Waals surface area contributed by atoms with Gasteiger partial charge >= 0.3 is 0 Å². The zero-order chi connectivity index (χ0) is 9.97. The second kappa shape index (κ2) is 4.63. The molecule has 0 atom stereocenters. The Morgan fingerprint density at radius 3 is 0.929 bits per heavy atom. The number of aliphatic hydroxyl groups is 2. The highest BCUT2D eigenvalue weighted by Gasteiger charge is 2.41. The molecule has 0 aliphatic heterocycles. The van der Waals surface area contributed by atoms with Crippen molar-refractivity contribution < 1.29 is 10.2 Å². The fourth-order valence-corrected chi connectivity index (χ4v) is 3.98. The molecule has 2 nitrogen and oxygen atoms in total. The van der Waals surface area contributed by atoms with Gasteiger partial charge in [0.2, 0.25) is 0 Å². The van der Waals surface area contributed by atoms with Crippen molar-refractivity contribution in [3.05, 3.63) is 0 Å². The van der Waals surface area contributed by atoms with Crippen LogP contribution in [-0.4, -0.2) is 23.4 Å². The van der Waals surface area contributed by atoms with Crippen LogP contribution in [0.3, 0.4) is 0 Å². The van der Waals surface area contributed by atoms with E-state index in [0.29, 0.717) is 0 Å². The summed E-state index contributed by atoms with van der Waals surface area (Å²) in [5.74, 6) is 4.71. The molecule has 0 unspecified atom stereocenters. The summed E-state index contributed by atoms with van der Waals surface area (Å²) in [6.45, 7) is -0.250. The van der Waals surface area contributed by atoms with Crippen molar-refractivity contribution in [3.63, 3.8) is 0 Å². The monoisotopic (exact) mass is 198 g/mol. The Labute approximate surface area is 86.3 Å². The highest BCUT2D eigenvalue weighted by Crippen LogP contribution is 2.53. The first-order chi connectivity index (χ1) is 6.81. The molecule has 4 saturated carbocycles. The summed E-state index contributed by atoms with van der Waals surface area (Å²) in [7, 11) is 0. The molecule has 0 aromatic carbocycles. The van der Waals surface area contributed by atoms with Gasteiger partial charge in [-0.3, -0.25) is 0 Å². The summed E-state index contributed by atoms with van der Waals surface area (Å²) >= 11 is 0. The van der Waals surface area contributed by atoms with Gasteiger partial charge in [0.15, 0.2) is 0 Å². The van der Waals surface area contributed by atoms with Gasteiger partial charge in [-0.15, -0.1) is 0 Å². The lowest BCUT2D eigenvalue weighted by Crippen LogP contribution is -2.38. The molecular formula is C12H22O2. The van der Waals surface area contributed by atoms with Crippen molar-refractivity contribution in [2.24, 2.45) is 23.7 Å². The number of rotatable bonds is 1. The Balaban J connectivity index is 0.000000165. The Kier molecular flexibility index (Phi) is 3.45. The molecule has 0 amide bonds. The predicted molar refractivity (Wildman–Crippen MR) is 55.8 cm³/mol. The van der Waals surface area contributed by atoms with Gasteiger partial charge in [-0.05, 0) is 62.2 Å². The van der Waals surface area contributed by atoms with Gasteiger partial charge in [0, 0.05) is 0 Å². The second-order valence-electron chi connectivity index (χ2n) is 5.33. The number of hydrogen-bond donors (Lipinski definition) is 2. The highest BCUT2D eigenvalue weighted by molar-refractivity contribution is 4.92. The Morgan fingerprint density at radius 1 is 0.571 bits per heavy atom. The van der Waals surface area contributed by atoms with E-state index in [1.165, 1.54) is 23.7 Å². The van der Waals surface area contributed by atoms with Crippen molar-refractivity contribution >= 4 is 0 Å². The molecule has 0 aromatic heterocycles. The smallest absolute Gasteiger partial charge is 0.0662 e. The quantitative estimate of drug-likeness (QED) is 0.674. The van der Waals surface area contributed by atoms with Gasteiger partial charge in [-0.1, -0.05) is 0 Å². The fourth-order valence-electron chi connectivity index (χ4n) is 3.98. The minimum absolute atomic E-state index is 0.125. The fraction of sp³-hybridized carbons (Fsp3) is 1.00. The standard InChI is InChI=1S/C10H16.C2H6O2/c1-7-2-9-4-8(1)5-10(3-7)6-9;3-1-2-4/h7-10H,1-6H2;3-4H,1-2H2. The summed E-state index contributed by atoms with van der Waals surface area (Å²) in [6.07, 6.45) is 9.62. The second-order valence-corrected chi connectivity index (χ2v) is 5.33. The van der Waals surface area contributed by atoms with Crippen LogP contribution in [0.4, 0.5) is 0 Å². The molecule has 4 fully saturated rings. The maximum Gasteiger partial charge on any atom is 0.0662 e. The van der Waals surface area contributed by atoms with Gasteiger partial charge in [0.05, 0.1) is 13.2 Å². The zero-order valence-electron chi connectivity index (χ0n) is 8.86. The van der Waals surface area contributed by atoms with E-state index in [2.05, 4.69) is 0 Å². The minimum Gasteiger partial charge on any atom is -0.394 e. The van der Waals surface area contributed by atoms with Crippen LogP contribution in [0.5, 0.6) is 0 Å². The van der Waals surface area contributed by atoms with Gasteiger partial charge in [-0.25, -0.2) is 0 Å². The molecule has 4 aliphatic carbocycles. The maximum absolute atomic E-state index is 7.62. The lowest BCUT2D eigenvalue weighted by atomic mass is 9.56. The first-order valence-corrected chi connectivity index (χ1v) is 6.03. The van der Waals surface area contributed by atoms with Crippen LogP contribution in [0.1, 0.15) is 38.5 Å². The normalized spacial score (nSPS) is 43.3. The molecule has 14 heavy (non-hydrogen) atoms. The Hall–Kier alpha value is -0.0800. The Morgan fingerprint density at radius 2 is 0.786 bits per heavy atom. The van der Waals surface area contributed by atoms with E-state index < -0.39 is 0 Å². The number of aliphatic hydroxyl groups excluding tert-OH is 2. The molecule has 0 heterocycles. The molecule has 82 valence electrons. The van der Waals surface area contributed by atoms with Crippen molar-refractivity contribution in [3.8, 4) is 0 Å². The summed E-state index contributed by atoms with van der Waals surface area (Å²) in [4.78, 5) is 0. The topological polar surface area (TPSA) is 40.5 Å². The van der Waals surface area contributed by atoms with Crippen LogP contribution < -0.4 is 0 Å². The summed E-state index contributed by atoms with van der Waals surface area (Å²) in [6, 6.07) is 0. The summed E-state index contributed by atoms with van der Waals surface area (Å²) in [5, 5.41) is 15.2. The van der Waals surface area contributed by atoms with E-state index in [-0.39, 0.29) is 13.2 Å². The van der Waals surface area contributed by atoms with E-state index >= 15 is 0 Å². The molecule has 4 bridgehead atoms. The zero-order valence-corrected chi connectivity index (χ0v) is 8.86. The lowest BCUT2D eigenvalue weighted by molar-refractivity contribution is 0.0198. The Bertz CT molecular complexity index is 121. The number of hydrogen-bond acceptors (Lipinski definition) is 2. The van der Waals surface area contributed by atoms with Crippen LogP contribution in [0.15, 0.2) is 0 Å². The first kappa shape index (κ1) is 10.4. The van der Waals surface area contributed by atoms with Gasteiger partial charge in [0.25, 0.3) is 0 Å². The van der Waals surface area contributed by atoms with E-state index in [0.717, 1.165) is 0 Å². The third-order valence-corrected chi connectivity index (χ3v) is 4.10. The lowest BCUT2D eigenvalue weighted by Gasteiger charge is -2.49. The molecule has 0 aromatic rings. The van der Waals surface area contributed by atoms with Crippen LogP contribution in [0.2, 0.25) is 0 Å². The SMILES string of the molecule is C1C2CC3CC1CC(C2)C3.OCCO. The largest absolute Gasteiger partial charge is 0.394 e. The predicted octanol–water partition coefficient (Wildman–Crippen LogP) is 1.80. The average Bonchev–Trinajstić information content (AvgIpc) is 2.16. The molecular weight excluding hydrogens is 176 g/mol. The van der Waals surface area contributed by atoms with Crippen molar-refractivity contribution in [1.82, 2.24) is 0 Å². The van der Waals surface area contributed by atoms with E-state index in [1.54, 1.807) is 38.5 Å². The third-order valence-electron chi connectivity index (χ3n) is 4.10. The highest BCUT2D eigenvalue weighted by atomic mass is 16.3. The van der Waals surface area contributed by atoms with Crippen LogP contribution in [0.25, 0.3) is 0 Å². The van der Waals surface area contributed by atoms with E-state index in [9.17, 15) is 0 Å². The summed E-state index contributed by atoms with van der Waals surface area (Å²) < 4.78 is 0. The van der Waals surface area contributed by atoms with Crippen LogP contribution in [-0.2, 0) is 0 Å². The van der Waals surface area contributed by atoms with Crippen LogP contribution >= 0.6 is 0 Å². The maximum atomic E-state index is 7.62.